The second kappa shape index (κ2) is 16.0. The van der Waals surface area contributed by atoms with Gasteiger partial charge in [0.1, 0.15) is 5.41 Å². The number of Topliss-reactive ketones (excluding diaryl/α,β-unsaturated/α-hetero) is 1. The topological polar surface area (TPSA) is 188 Å². The van der Waals surface area contributed by atoms with E-state index in [-0.39, 0.29) is 18.1 Å². The number of ketones is 1. The number of H-pyrrole nitrogens is 1. The first-order valence-electron chi connectivity index (χ1n) is 23.3. The Morgan fingerprint density at radius 2 is 1.71 bits per heavy atom. The summed E-state index contributed by atoms with van der Waals surface area (Å²) in [5.74, 6) is -3.29. The van der Waals surface area contributed by atoms with Gasteiger partial charge in [-0.3, -0.25) is 29.0 Å². The average Bonchev–Trinajstić information content (AvgIpc) is 3.97. The van der Waals surface area contributed by atoms with Crippen LogP contribution in [0.25, 0.3) is 10.9 Å². The molecule has 1 saturated carbocycles. The second-order valence-corrected chi connectivity index (χ2v) is 19.9. The van der Waals surface area contributed by atoms with Crippen LogP contribution in [0, 0.1) is 22.7 Å². The number of ether oxygens (including phenoxy) is 4. The number of methoxy groups -OCH3 is 3. The van der Waals surface area contributed by atoms with Crippen molar-refractivity contribution in [1.29, 1.82) is 0 Å². The van der Waals surface area contributed by atoms with Gasteiger partial charge in [0.05, 0.1) is 32.0 Å². The maximum absolute atomic E-state index is 15.6. The van der Waals surface area contributed by atoms with E-state index in [4.69, 9.17) is 18.9 Å². The minimum atomic E-state index is -2.55. The van der Waals surface area contributed by atoms with E-state index in [1.807, 2.05) is 45.1 Å². The quantitative estimate of drug-likeness (QED) is 0.103. The van der Waals surface area contributed by atoms with E-state index in [1.165, 1.54) is 26.0 Å². The predicted octanol–water partition coefficient (Wildman–Crippen LogP) is 3.92. The van der Waals surface area contributed by atoms with E-state index in [1.54, 1.807) is 14.0 Å². The summed E-state index contributed by atoms with van der Waals surface area (Å²) < 4.78 is 24.0. The molecule has 5 aliphatic heterocycles. The van der Waals surface area contributed by atoms with E-state index < -0.39 is 75.6 Å². The molecule has 0 radical (unpaired) electrons. The molecule has 12 atom stereocenters. The summed E-state index contributed by atoms with van der Waals surface area (Å²) in [6.45, 7) is 11.6. The van der Waals surface area contributed by atoms with Crippen LogP contribution in [0.4, 0.5) is 0 Å². The lowest BCUT2D eigenvalue weighted by Crippen LogP contribution is -2.80. The Balaban J connectivity index is 1.36. The number of nitrogens with zero attached hydrogens (tertiary/aromatic N) is 3. The molecule has 2 bridgehead atoms. The highest BCUT2D eigenvalue weighted by molar-refractivity contribution is 6.01. The zero-order chi connectivity index (χ0) is 46.6. The normalized spacial score (nSPS) is 38.2. The maximum atomic E-state index is 15.6. The Kier molecular flexibility index (Phi) is 11.2. The lowest BCUT2D eigenvalue weighted by Gasteiger charge is -2.63. The zero-order valence-electron chi connectivity index (χ0n) is 38.9. The van der Waals surface area contributed by atoms with E-state index in [2.05, 4.69) is 26.9 Å². The maximum Gasteiger partial charge on any atom is 0.344 e. The summed E-state index contributed by atoms with van der Waals surface area (Å²) in [6.07, 6.45) is 9.32. The molecule has 3 N–H and O–H groups in total. The molecule has 15 heteroatoms. The summed E-state index contributed by atoms with van der Waals surface area (Å²) in [5.41, 5.74) is -2.43. The van der Waals surface area contributed by atoms with Crippen molar-refractivity contribution in [2.45, 2.75) is 120 Å². The van der Waals surface area contributed by atoms with Crippen LogP contribution < -0.4 is 0 Å². The van der Waals surface area contributed by atoms with Crippen molar-refractivity contribution >= 4 is 41.0 Å². The number of aryl methyl sites for hydroxylation is 1. The number of allylic oxidation sites excluding steroid dienone is 1. The average molecular weight is 897 g/mol. The van der Waals surface area contributed by atoms with Crippen LogP contribution in [0.15, 0.2) is 47.7 Å². The van der Waals surface area contributed by atoms with Gasteiger partial charge < -0.3 is 39.0 Å². The Hall–Kier alpha value is -4.67. The van der Waals surface area contributed by atoms with Crippen molar-refractivity contribution in [3.05, 3.63) is 70.1 Å². The Bertz CT molecular complexity index is 2440. The highest BCUT2D eigenvalue weighted by Gasteiger charge is 2.82. The second-order valence-electron chi connectivity index (χ2n) is 19.9. The summed E-state index contributed by atoms with van der Waals surface area (Å²) in [6, 6.07) is 2.19. The number of amides is 1. The van der Waals surface area contributed by atoms with Crippen LogP contribution in [0.2, 0.25) is 0 Å². The number of esters is 3. The molecule has 9 rings (SSSR count). The first-order chi connectivity index (χ1) is 31.0. The van der Waals surface area contributed by atoms with Gasteiger partial charge in [-0.05, 0) is 99.2 Å². The lowest BCUT2D eigenvalue weighted by molar-refractivity contribution is -0.242. The molecule has 6 heterocycles. The molecule has 15 nitrogen and oxygen atoms in total. The number of benzene rings is 1. The van der Waals surface area contributed by atoms with Crippen LogP contribution >= 0.6 is 0 Å². The van der Waals surface area contributed by atoms with E-state index in [0.29, 0.717) is 100 Å². The number of likely N-dealkylation sites (tertiary alicyclic amines) is 1. The molecule has 1 aromatic heterocycles. The van der Waals surface area contributed by atoms with Crippen LogP contribution in [0.5, 0.6) is 0 Å². The molecule has 3 saturated heterocycles. The third-order valence-corrected chi connectivity index (χ3v) is 17.0. The number of aliphatic hydroxyl groups is 2. The Morgan fingerprint density at radius 1 is 0.954 bits per heavy atom. The molecule has 65 heavy (non-hydrogen) atoms. The van der Waals surface area contributed by atoms with Crippen LogP contribution in [-0.2, 0) is 56.4 Å². The molecule has 2 aliphatic carbocycles. The zero-order valence-corrected chi connectivity index (χ0v) is 38.9. The minimum Gasteiger partial charge on any atom is -0.468 e. The number of hydrogen-bond acceptors (Lipinski definition) is 13. The van der Waals surface area contributed by atoms with Crippen LogP contribution in [0.3, 0.4) is 0 Å². The molecule has 1 spiro atoms. The molecular formula is C50H64N4O11. The first-order valence-corrected chi connectivity index (χ1v) is 23.3. The third kappa shape index (κ3) is 6.13. The number of aromatic nitrogens is 1. The number of aromatic amines is 1. The van der Waals surface area contributed by atoms with Gasteiger partial charge in [0.2, 0.25) is 12.0 Å². The summed E-state index contributed by atoms with van der Waals surface area (Å²) in [7, 11) is 4.12. The highest BCUT2D eigenvalue weighted by atomic mass is 16.6. The molecule has 3 unspecified atom stereocenters. The highest BCUT2D eigenvalue weighted by Crippen LogP contribution is 2.70. The molecule has 1 aromatic carbocycles. The SMILES string of the molecule is CCc1cc2c3c([nH]c2cc1C(C)=O)[C@@](C(=O)OC)(C1C=C2C(=CC1OC)N(C=O)[C@H]1[C@@](O)(C(=O)OC)[C@H](OC(C)=O)[C@]4(CC)C=CCN5CC[C@]21[C@@H]54)C[C@@H]1CN(CC3)C[C@](O)(CC)C1. The Morgan fingerprint density at radius 3 is 2.34 bits per heavy atom. The van der Waals surface area contributed by atoms with Gasteiger partial charge in [0, 0.05) is 90.9 Å². The summed E-state index contributed by atoms with van der Waals surface area (Å²) >= 11 is 0. The summed E-state index contributed by atoms with van der Waals surface area (Å²) in [4.78, 5) is 79.8. The predicted molar refractivity (Wildman–Crippen MR) is 238 cm³/mol. The number of fused-ring (bicyclic) bond motifs is 6. The Labute approximate surface area is 380 Å². The summed E-state index contributed by atoms with van der Waals surface area (Å²) in [5, 5.41) is 26.4. The monoisotopic (exact) mass is 896 g/mol. The number of nitrogens with one attached hydrogen (secondary N) is 1. The fourth-order valence-electron chi connectivity index (χ4n) is 14.6. The van der Waals surface area contributed by atoms with E-state index >= 15 is 4.79 Å². The van der Waals surface area contributed by atoms with Gasteiger partial charge >= 0.3 is 17.9 Å². The van der Waals surface area contributed by atoms with Crippen molar-refractivity contribution in [1.82, 2.24) is 19.7 Å². The fraction of sp³-hybridized carbons (Fsp3) is 0.620. The van der Waals surface area contributed by atoms with Crippen LogP contribution in [-0.4, -0.2) is 150 Å². The van der Waals surface area contributed by atoms with Gasteiger partial charge in [-0.15, -0.1) is 0 Å². The van der Waals surface area contributed by atoms with Gasteiger partial charge in [-0.25, -0.2) is 4.79 Å². The van der Waals surface area contributed by atoms with E-state index in [9.17, 15) is 29.4 Å². The molecule has 7 aliphatic rings. The number of hydrogen-bond donors (Lipinski definition) is 3. The number of rotatable bonds is 10. The van der Waals surface area contributed by atoms with Gasteiger partial charge in [-0.2, -0.15) is 0 Å². The standard InChI is InChI=1S/C50H64N4O11/c1-9-31-19-34-32-13-17-52-25-30(23-46(60,10-2)26-52)24-49(44(58)63-7,40(32)51-37(34)20-33(31)28(4)56)36-21-35-38(22-39(36)62-6)54(27-55)42-48(35)15-18-53-16-12-14-47(11-3,41(48)53)43(65-29(5)57)50(42,61)45(59)64-8/h12,14,19-22,27,30,36,39,41-43,51,60-61H,9-11,13,15-18,23-26H2,1-8H3/t30-,36?,39?,41+,42-,43-,46+,47-,48-,49+,50+/m1/s1. The lowest BCUT2D eigenvalue weighted by atomic mass is 9.47. The minimum absolute atomic E-state index is 0.0631. The van der Waals surface area contributed by atoms with Crippen LogP contribution in [0.1, 0.15) is 93.9 Å². The van der Waals surface area contributed by atoms with Crippen molar-refractivity contribution in [3.8, 4) is 0 Å². The molecule has 350 valence electrons. The van der Waals surface area contributed by atoms with Crippen molar-refractivity contribution in [2.24, 2.45) is 22.7 Å². The number of carbonyl (C=O) groups is 5. The van der Waals surface area contributed by atoms with E-state index in [0.717, 1.165) is 22.0 Å². The van der Waals surface area contributed by atoms with Crippen molar-refractivity contribution in [3.63, 3.8) is 0 Å². The number of carbonyl (C=O) groups excluding carboxylic acids is 5. The van der Waals surface area contributed by atoms with Gasteiger partial charge in [0.25, 0.3) is 0 Å². The third-order valence-electron chi connectivity index (χ3n) is 17.0. The smallest absolute Gasteiger partial charge is 0.344 e. The van der Waals surface area contributed by atoms with Crippen molar-refractivity contribution in [2.75, 3.05) is 54.1 Å². The largest absolute Gasteiger partial charge is 0.468 e. The number of piperidine rings is 1. The fourth-order valence-corrected chi connectivity index (χ4v) is 14.6. The van der Waals surface area contributed by atoms with Gasteiger partial charge in [0.15, 0.2) is 11.9 Å². The molecular weight excluding hydrogens is 833 g/mol. The van der Waals surface area contributed by atoms with Crippen molar-refractivity contribution < 1.29 is 53.1 Å². The van der Waals surface area contributed by atoms with Gasteiger partial charge in [-0.1, -0.05) is 39.0 Å². The first kappa shape index (κ1) is 45.5. The molecule has 2 aromatic rings. The molecule has 4 fully saturated rings. The molecule has 1 amide bonds.